The van der Waals surface area contributed by atoms with Crippen molar-refractivity contribution in [1.29, 1.82) is 0 Å². The third kappa shape index (κ3) is 3.61. The van der Waals surface area contributed by atoms with Gasteiger partial charge in [-0.15, -0.1) is 11.3 Å². The number of amides is 1. The molecule has 164 valence electrons. The highest BCUT2D eigenvalue weighted by molar-refractivity contribution is 7.17. The number of carbonyl (C=O) groups is 3. The van der Waals surface area contributed by atoms with Gasteiger partial charge >= 0.3 is 5.97 Å². The summed E-state index contributed by atoms with van der Waals surface area (Å²) in [5, 5.41) is 12.4. The Hall–Kier alpha value is -3.37. The van der Waals surface area contributed by atoms with Gasteiger partial charge in [-0.3, -0.25) is 14.5 Å². The number of aliphatic hydroxyl groups excluding tert-OH is 1. The Labute approximate surface area is 190 Å². The van der Waals surface area contributed by atoms with Crippen molar-refractivity contribution in [1.82, 2.24) is 4.98 Å². The van der Waals surface area contributed by atoms with E-state index in [9.17, 15) is 23.9 Å². The van der Waals surface area contributed by atoms with Gasteiger partial charge in [-0.2, -0.15) is 0 Å². The van der Waals surface area contributed by atoms with Crippen molar-refractivity contribution in [3.05, 3.63) is 79.9 Å². The van der Waals surface area contributed by atoms with Crippen LogP contribution < -0.4 is 4.90 Å². The van der Waals surface area contributed by atoms with Crippen LogP contribution >= 0.6 is 22.7 Å². The molecular weight excluding hydrogens is 455 g/mol. The molecule has 3 aromatic rings. The van der Waals surface area contributed by atoms with E-state index in [1.165, 1.54) is 18.2 Å². The van der Waals surface area contributed by atoms with Gasteiger partial charge in [-0.25, -0.2) is 14.2 Å². The van der Waals surface area contributed by atoms with E-state index in [-0.39, 0.29) is 27.8 Å². The number of aryl methyl sites for hydroxylation is 1. The Bertz CT molecular complexity index is 1250. The van der Waals surface area contributed by atoms with Crippen molar-refractivity contribution < 1.29 is 28.6 Å². The fraction of sp³-hybridized carbons (Fsp3) is 0.182. The number of ether oxygens (including phenoxy) is 1. The molecule has 2 aromatic heterocycles. The van der Waals surface area contributed by atoms with Crippen LogP contribution in [0.15, 0.2) is 53.1 Å². The van der Waals surface area contributed by atoms with Crippen LogP contribution in [0.2, 0.25) is 0 Å². The van der Waals surface area contributed by atoms with Gasteiger partial charge in [0.05, 0.1) is 22.8 Å². The summed E-state index contributed by atoms with van der Waals surface area (Å²) in [6.07, 6.45) is 0. The number of hydrogen-bond acceptors (Lipinski definition) is 8. The van der Waals surface area contributed by atoms with Crippen molar-refractivity contribution in [2.75, 3.05) is 11.5 Å². The summed E-state index contributed by atoms with van der Waals surface area (Å²) in [5.41, 5.74) is 0.101. The van der Waals surface area contributed by atoms with Crippen molar-refractivity contribution in [2.45, 2.75) is 19.9 Å². The third-order valence-electron chi connectivity index (χ3n) is 4.85. The molecule has 0 radical (unpaired) electrons. The van der Waals surface area contributed by atoms with Gasteiger partial charge in [0, 0.05) is 5.56 Å². The first kappa shape index (κ1) is 21.8. The molecule has 0 fully saturated rings. The molecule has 1 aromatic carbocycles. The predicted molar refractivity (Wildman–Crippen MR) is 118 cm³/mol. The van der Waals surface area contributed by atoms with Gasteiger partial charge in [0.1, 0.15) is 16.7 Å². The maximum atomic E-state index is 14.8. The number of rotatable bonds is 6. The largest absolute Gasteiger partial charge is 0.503 e. The summed E-state index contributed by atoms with van der Waals surface area (Å²) >= 11 is 2.02. The zero-order valence-corrected chi connectivity index (χ0v) is 18.6. The van der Waals surface area contributed by atoms with Crippen LogP contribution in [0.1, 0.15) is 43.6 Å². The smallest absolute Gasteiger partial charge is 0.350 e. The van der Waals surface area contributed by atoms with Crippen LogP contribution in [-0.2, 0) is 9.53 Å². The molecule has 32 heavy (non-hydrogen) atoms. The second-order valence-electron chi connectivity index (χ2n) is 6.80. The number of anilines is 1. The molecule has 0 saturated carbocycles. The molecule has 7 nitrogen and oxygen atoms in total. The molecule has 0 saturated heterocycles. The lowest BCUT2D eigenvalue weighted by molar-refractivity contribution is -0.117. The fourth-order valence-corrected chi connectivity index (χ4v) is 5.10. The Morgan fingerprint density at radius 3 is 2.66 bits per heavy atom. The molecule has 1 N–H and O–H groups in total. The molecule has 3 heterocycles. The van der Waals surface area contributed by atoms with E-state index < -0.39 is 35.3 Å². The highest BCUT2D eigenvalue weighted by Crippen LogP contribution is 2.44. The number of Topliss-reactive ketones (excluding diaryl/α,β-unsaturated/α-hetero) is 1. The number of halogens is 1. The summed E-state index contributed by atoms with van der Waals surface area (Å²) in [7, 11) is 0. The number of aromatic nitrogens is 1. The monoisotopic (exact) mass is 472 g/mol. The van der Waals surface area contributed by atoms with Crippen molar-refractivity contribution in [2.24, 2.45) is 0 Å². The molecule has 4 rings (SSSR count). The molecule has 0 bridgehead atoms. The molecule has 0 spiro atoms. The van der Waals surface area contributed by atoms with E-state index in [0.29, 0.717) is 10.6 Å². The lowest BCUT2D eigenvalue weighted by Crippen LogP contribution is -2.31. The molecule has 1 aliphatic rings. The number of hydrogen-bond donors (Lipinski definition) is 1. The van der Waals surface area contributed by atoms with Crippen molar-refractivity contribution in [3.63, 3.8) is 0 Å². The summed E-state index contributed by atoms with van der Waals surface area (Å²) in [4.78, 5) is 44.4. The molecule has 10 heteroatoms. The van der Waals surface area contributed by atoms with Gasteiger partial charge in [-0.05, 0) is 31.4 Å². The van der Waals surface area contributed by atoms with Gasteiger partial charge in [0.2, 0.25) is 5.78 Å². The maximum Gasteiger partial charge on any atom is 0.350 e. The molecule has 1 atom stereocenters. The highest BCUT2D eigenvalue weighted by Gasteiger charge is 2.47. The first-order valence-corrected chi connectivity index (χ1v) is 11.3. The molecule has 1 amide bonds. The van der Waals surface area contributed by atoms with Crippen LogP contribution in [0.3, 0.4) is 0 Å². The molecular formula is C22H17FN2O5S2. The van der Waals surface area contributed by atoms with E-state index >= 15 is 0 Å². The summed E-state index contributed by atoms with van der Waals surface area (Å²) in [6.45, 7) is 3.40. The Morgan fingerprint density at radius 1 is 1.25 bits per heavy atom. The van der Waals surface area contributed by atoms with Crippen LogP contribution in [0.4, 0.5) is 9.52 Å². The second-order valence-corrected chi connectivity index (χ2v) is 8.72. The number of thiazole rings is 1. The molecule has 0 aliphatic carbocycles. The summed E-state index contributed by atoms with van der Waals surface area (Å²) < 4.78 is 19.9. The lowest BCUT2D eigenvalue weighted by atomic mass is 9.95. The van der Waals surface area contributed by atoms with Gasteiger partial charge in [0.25, 0.3) is 5.91 Å². The summed E-state index contributed by atoms with van der Waals surface area (Å²) in [6, 6.07) is 7.67. The first-order valence-electron chi connectivity index (χ1n) is 9.59. The van der Waals surface area contributed by atoms with Gasteiger partial charge < -0.3 is 9.84 Å². The van der Waals surface area contributed by atoms with Gasteiger partial charge in [0.15, 0.2) is 10.9 Å². The van der Waals surface area contributed by atoms with E-state index in [1.54, 1.807) is 37.4 Å². The molecule has 1 aliphatic heterocycles. The highest BCUT2D eigenvalue weighted by atomic mass is 32.1. The average molecular weight is 473 g/mol. The number of ketones is 1. The predicted octanol–water partition coefficient (Wildman–Crippen LogP) is 4.61. The van der Waals surface area contributed by atoms with Crippen LogP contribution in [-0.4, -0.2) is 34.4 Å². The van der Waals surface area contributed by atoms with E-state index in [2.05, 4.69) is 4.98 Å². The van der Waals surface area contributed by atoms with E-state index in [0.717, 1.165) is 27.6 Å². The molecule has 0 unspecified atom stereocenters. The lowest BCUT2D eigenvalue weighted by Gasteiger charge is -2.24. The minimum absolute atomic E-state index is 0.0235. The number of carbonyl (C=O) groups excluding carboxylic acids is 3. The third-order valence-corrected chi connectivity index (χ3v) is 6.86. The Morgan fingerprint density at radius 2 is 2.00 bits per heavy atom. The first-order chi connectivity index (χ1) is 15.3. The normalized spacial score (nSPS) is 16.0. The van der Waals surface area contributed by atoms with Gasteiger partial charge in [-0.1, -0.05) is 35.6 Å². The number of nitrogens with zero attached hydrogens (tertiary/aromatic N) is 2. The minimum atomic E-state index is -1.25. The zero-order valence-electron chi connectivity index (χ0n) is 17.0. The fourth-order valence-electron chi connectivity index (χ4n) is 3.44. The topological polar surface area (TPSA) is 96.8 Å². The Kier molecular flexibility index (Phi) is 5.90. The van der Waals surface area contributed by atoms with E-state index in [1.807, 2.05) is 0 Å². The SMILES string of the molecule is CCOC(=O)c1sc(N2C(=O)C(O)=C(C(=O)c3cccs3)[C@@H]2c2ccccc2F)nc1C. The number of benzene rings is 1. The summed E-state index contributed by atoms with van der Waals surface area (Å²) in [5.74, 6) is -3.51. The van der Waals surface area contributed by atoms with Crippen LogP contribution in [0, 0.1) is 12.7 Å². The van der Waals surface area contributed by atoms with Crippen LogP contribution in [0.25, 0.3) is 0 Å². The minimum Gasteiger partial charge on any atom is -0.503 e. The number of esters is 1. The number of aliphatic hydroxyl groups is 1. The van der Waals surface area contributed by atoms with Crippen molar-refractivity contribution >= 4 is 45.5 Å². The quantitative estimate of drug-likeness (QED) is 0.416. The average Bonchev–Trinajstić information content (AvgIpc) is 3.48. The number of thiophene rings is 1. The van der Waals surface area contributed by atoms with E-state index in [4.69, 9.17) is 4.74 Å². The van der Waals surface area contributed by atoms with Crippen molar-refractivity contribution in [3.8, 4) is 0 Å². The standard InChI is InChI=1S/C22H17FN2O5S2/c1-3-30-21(29)19-11(2)24-22(32-19)25-16(12-7-4-5-8-13(12)23)15(18(27)20(25)28)17(26)14-9-6-10-31-14/h4-10,16,27H,3H2,1-2H3/t16-/m0/s1. The zero-order chi connectivity index (χ0) is 23.0. The maximum absolute atomic E-state index is 14.8. The Balaban J connectivity index is 1.87. The van der Waals surface area contributed by atoms with Crippen LogP contribution in [0.5, 0.6) is 0 Å². The second kappa shape index (κ2) is 8.64.